The first-order chi connectivity index (χ1) is 14.6. The maximum atomic E-state index is 12.1. The largest absolute Gasteiger partial charge is 0.495 e. The van der Waals surface area contributed by atoms with Crippen LogP contribution in [-0.4, -0.2) is 38.6 Å². The summed E-state index contributed by atoms with van der Waals surface area (Å²) in [4.78, 5) is 26.6. The molecule has 0 unspecified atom stereocenters. The van der Waals surface area contributed by atoms with Gasteiger partial charge in [-0.1, -0.05) is 23.7 Å². The summed E-state index contributed by atoms with van der Waals surface area (Å²) in [6, 6.07) is 13.4. The van der Waals surface area contributed by atoms with Gasteiger partial charge in [0.05, 0.1) is 12.8 Å². The van der Waals surface area contributed by atoms with Crippen molar-refractivity contribution in [3.05, 3.63) is 53.1 Å². The number of methoxy groups -OCH3 is 1. The highest BCUT2D eigenvalue weighted by atomic mass is 35.5. The Bertz CT molecular complexity index is 864. The van der Waals surface area contributed by atoms with E-state index >= 15 is 0 Å². The molecule has 7 heteroatoms. The number of halogens is 1. The van der Waals surface area contributed by atoms with Gasteiger partial charge in [-0.25, -0.2) is 0 Å². The molecule has 2 N–H and O–H groups in total. The number of nitrogens with one attached hydrogen (secondary N) is 2. The molecule has 1 aliphatic heterocycles. The molecule has 1 heterocycles. The molecule has 0 spiro atoms. The van der Waals surface area contributed by atoms with Crippen LogP contribution in [0.5, 0.6) is 5.75 Å². The number of carbonyl (C=O) groups is 2. The Kier molecular flexibility index (Phi) is 7.97. The van der Waals surface area contributed by atoms with Gasteiger partial charge < -0.3 is 20.3 Å². The van der Waals surface area contributed by atoms with Crippen molar-refractivity contribution in [3.63, 3.8) is 0 Å². The highest BCUT2D eigenvalue weighted by Gasteiger charge is 2.16. The Morgan fingerprint density at radius 2 is 1.77 bits per heavy atom. The Balaban J connectivity index is 1.41. The molecule has 160 valence electrons. The molecule has 0 bridgehead atoms. The Hall–Kier alpha value is -2.73. The quantitative estimate of drug-likeness (QED) is 0.515. The van der Waals surface area contributed by atoms with Crippen molar-refractivity contribution >= 4 is 34.8 Å². The number of piperidine rings is 1. The molecule has 2 aromatic rings. The Labute approximate surface area is 182 Å². The summed E-state index contributed by atoms with van der Waals surface area (Å²) in [5.74, 6) is -0.993. The zero-order chi connectivity index (χ0) is 21.3. The summed E-state index contributed by atoms with van der Waals surface area (Å²) < 4.78 is 5.17. The maximum absolute atomic E-state index is 12.1. The molecular weight excluding hydrogens is 402 g/mol. The third-order valence-corrected chi connectivity index (χ3v) is 5.44. The van der Waals surface area contributed by atoms with Crippen LogP contribution in [0.3, 0.4) is 0 Å². The van der Waals surface area contributed by atoms with Crippen molar-refractivity contribution in [2.75, 3.05) is 37.0 Å². The van der Waals surface area contributed by atoms with E-state index in [1.165, 1.54) is 37.6 Å². The van der Waals surface area contributed by atoms with E-state index in [2.05, 4.69) is 39.8 Å². The monoisotopic (exact) mass is 429 g/mol. The van der Waals surface area contributed by atoms with Gasteiger partial charge in [0, 0.05) is 30.3 Å². The number of aryl methyl sites for hydroxylation is 1. The highest BCUT2D eigenvalue weighted by Crippen LogP contribution is 2.27. The zero-order valence-corrected chi connectivity index (χ0v) is 18.0. The lowest BCUT2D eigenvalue weighted by Gasteiger charge is -2.28. The molecule has 0 saturated carbocycles. The van der Waals surface area contributed by atoms with Gasteiger partial charge in [-0.3, -0.25) is 9.59 Å². The van der Waals surface area contributed by atoms with Gasteiger partial charge in [0.2, 0.25) is 0 Å². The zero-order valence-electron chi connectivity index (χ0n) is 17.2. The average Bonchev–Trinajstić information content (AvgIpc) is 2.77. The summed E-state index contributed by atoms with van der Waals surface area (Å²) in [5, 5.41) is 5.63. The third kappa shape index (κ3) is 6.13. The standard InChI is InChI=1S/C23H28ClN3O3/c1-30-21-12-9-18(24)16-20(21)26-23(29)22(28)25-13-5-6-17-7-10-19(11-8-17)27-14-3-2-4-15-27/h7-12,16H,2-6,13-15H2,1H3,(H,25,28)(H,26,29). The normalized spacial score (nSPS) is 13.6. The summed E-state index contributed by atoms with van der Waals surface area (Å²) in [6.45, 7) is 2.69. The highest BCUT2D eigenvalue weighted by molar-refractivity contribution is 6.40. The number of hydrogen-bond acceptors (Lipinski definition) is 4. The number of hydrogen-bond donors (Lipinski definition) is 2. The lowest BCUT2D eigenvalue weighted by molar-refractivity contribution is -0.136. The van der Waals surface area contributed by atoms with Gasteiger partial charge in [-0.05, 0) is 68.0 Å². The van der Waals surface area contributed by atoms with E-state index in [0.29, 0.717) is 23.0 Å². The topological polar surface area (TPSA) is 70.7 Å². The van der Waals surface area contributed by atoms with Gasteiger partial charge >= 0.3 is 11.8 Å². The smallest absolute Gasteiger partial charge is 0.313 e. The molecule has 3 rings (SSSR count). The molecule has 1 aliphatic rings. The minimum Gasteiger partial charge on any atom is -0.495 e. The SMILES string of the molecule is COc1ccc(Cl)cc1NC(=O)C(=O)NCCCc1ccc(N2CCCCC2)cc1. The van der Waals surface area contributed by atoms with Crippen molar-refractivity contribution in [1.82, 2.24) is 5.32 Å². The third-order valence-electron chi connectivity index (χ3n) is 5.20. The van der Waals surface area contributed by atoms with Gasteiger partial charge in [-0.2, -0.15) is 0 Å². The molecule has 30 heavy (non-hydrogen) atoms. The predicted molar refractivity (Wildman–Crippen MR) is 120 cm³/mol. The van der Waals surface area contributed by atoms with Crippen molar-refractivity contribution in [2.24, 2.45) is 0 Å². The first kappa shape index (κ1) is 22.0. The minimum atomic E-state index is -0.749. The minimum absolute atomic E-state index is 0.360. The molecule has 1 saturated heterocycles. The molecule has 2 amide bonds. The molecule has 0 aliphatic carbocycles. The second-order valence-corrected chi connectivity index (χ2v) is 7.81. The van der Waals surface area contributed by atoms with Crippen molar-refractivity contribution in [2.45, 2.75) is 32.1 Å². The van der Waals surface area contributed by atoms with Gasteiger partial charge in [0.15, 0.2) is 0 Å². The van der Waals surface area contributed by atoms with E-state index in [4.69, 9.17) is 16.3 Å². The molecule has 0 radical (unpaired) electrons. The summed E-state index contributed by atoms with van der Waals surface area (Å²) in [6.07, 6.45) is 5.44. The van der Waals surface area contributed by atoms with Gasteiger partial charge in [0.25, 0.3) is 0 Å². The van der Waals surface area contributed by atoms with Crippen LogP contribution < -0.4 is 20.3 Å². The second kappa shape index (κ2) is 10.9. The molecule has 0 aromatic heterocycles. The number of benzene rings is 2. The van der Waals surface area contributed by atoms with Crippen LogP contribution in [0.1, 0.15) is 31.2 Å². The molecule has 1 fully saturated rings. The molecule has 2 aromatic carbocycles. The fourth-order valence-electron chi connectivity index (χ4n) is 3.56. The van der Waals surface area contributed by atoms with Crippen LogP contribution in [0.25, 0.3) is 0 Å². The van der Waals surface area contributed by atoms with E-state index in [1.54, 1.807) is 18.2 Å². The van der Waals surface area contributed by atoms with Crippen LogP contribution >= 0.6 is 11.6 Å². The maximum Gasteiger partial charge on any atom is 0.313 e. The molecular formula is C23H28ClN3O3. The van der Waals surface area contributed by atoms with Crippen LogP contribution in [0.15, 0.2) is 42.5 Å². The lowest BCUT2D eigenvalue weighted by Crippen LogP contribution is -2.36. The van der Waals surface area contributed by atoms with Crippen molar-refractivity contribution in [3.8, 4) is 5.75 Å². The van der Waals surface area contributed by atoms with E-state index in [-0.39, 0.29) is 0 Å². The summed E-state index contributed by atoms with van der Waals surface area (Å²) in [5.41, 5.74) is 2.86. The second-order valence-electron chi connectivity index (χ2n) is 7.37. The number of rotatable bonds is 7. The average molecular weight is 430 g/mol. The van der Waals surface area contributed by atoms with Gasteiger partial charge in [-0.15, -0.1) is 0 Å². The van der Waals surface area contributed by atoms with Crippen LogP contribution in [0.2, 0.25) is 5.02 Å². The first-order valence-electron chi connectivity index (χ1n) is 10.3. The predicted octanol–water partition coefficient (Wildman–Crippen LogP) is 4.03. The lowest BCUT2D eigenvalue weighted by atomic mass is 10.1. The van der Waals surface area contributed by atoms with Crippen LogP contribution in [0.4, 0.5) is 11.4 Å². The van der Waals surface area contributed by atoms with E-state index in [0.717, 1.165) is 25.9 Å². The van der Waals surface area contributed by atoms with Crippen LogP contribution in [0, 0.1) is 0 Å². The fraction of sp³-hybridized carbons (Fsp3) is 0.391. The van der Waals surface area contributed by atoms with E-state index < -0.39 is 11.8 Å². The number of anilines is 2. The Morgan fingerprint density at radius 3 is 2.47 bits per heavy atom. The van der Waals surface area contributed by atoms with Crippen molar-refractivity contribution < 1.29 is 14.3 Å². The number of carbonyl (C=O) groups excluding carboxylic acids is 2. The number of ether oxygens (including phenoxy) is 1. The number of amides is 2. The van der Waals surface area contributed by atoms with E-state index in [9.17, 15) is 9.59 Å². The van der Waals surface area contributed by atoms with Gasteiger partial charge in [0.1, 0.15) is 5.75 Å². The molecule has 6 nitrogen and oxygen atoms in total. The molecule has 0 atom stereocenters. The van der Waals surface area contributed by atoms with Crippen molar-refractivity contribution in [1.29, 1.82) is 0 Å². The first-order valence-corrected chi connectivity index (χ1v) is 10.7. The van der Waals surface area contributed by atoms with E-state index in [1.807, 2.05) is 0 Å². The van der Waals surface area contributed by atoms with Crippen LogP contribution in [-0.2, 0) is 16.0 Å². The number of nitrogens with zero attached hydrogens (tertiary/aromatic N) is 1. The summed E-state index contributed by atoms with van der Waals surface area (Å²) in [7, 11) is 1.48. The summed E-state index contributed by atoms with van der Waals surface area (Å²) >= 11 is 5.94. The fourth-order valence-corrected chi connectivity index (χ4v) is 3.73. The Morgan fingerprint density at radius 1 is 1.03 bits per heavy atom.